The van der Waals surface area contributed by atoms with E-state index < -0.39 is 0 Å². The first-order valence-corrected chi connectivity index (χ1v) is 15.6. The smallest absolute Gasteiger partial charge is 0.231 e. The van der Waals surface area contributed by atoms with Crippen molar-refractivity contribution >= 4 is 24.3 Å². The lowest BCUT2D eigenvalue weighted by atomic mass is 9.78. The van der Waals surface area contributed by atoms with E-state index in [1.54, 1.807) is 0 Å². The van der Waals surface area contributed by atoms with Crippen molar-refractivity contribution in [2.24, 2.45) is 0 Å². The van der Waals surface area contributed by atoms with Crippen LogP contribution in [0.4, 0.5) is 0 Å². The van der Waals surface area contributed by atoms with Gasteiger partial charge >= 0.3 is 0 Å². The fourth-order valence-corrected chi connectivity index (χ4v) is 6.89. The molecule has 43 heavy (non-hydrogen) atoms. The molecular formula is C39H38O4. The molecular weight excluding hydrogens is 532 g/mol. The number of aliphatic hydroxyl groups excluding tert-OH is 2. The predicted molar refractivity (Wildman–Crippen MR) is 174 cm³/mol. The second kappa shape index (κ2) is 12.2. The molecule has 7 rings (SSSR count). The Morgan fingerprint density at radius 1 is 0.535 bits per heavy atom. The van der Waals surface area contributed by atoms with Crippen LogP contribution in [0.2, 0.25) is 0 Å². The van der Waals surface area contributed by atoms with Gasteiger partial charge in [-0.1, -0.05) is 72.8 Å². The molecule has 4 heteroatoms. The van der Waals surface area contributed by atoms with Gasteiger partial charge in [-0.25, -0.2) is 0 Å². The first-order valence-electron chi connectivity index (χ1n) is 15.6. The van der Waals surface area contributed by atoms with Crippen LogP contribution in [0.5, 0.6) is 11.5 Å². The monoisotopic (exact) mass is 570 g/mol. The number of fused-ring (bicyclic) bond motifs is 7. The predicted octanol–water partition coefficient (Wildman–Crippen LogP) is 8.17. The standard InChI is InChI=1S/C39H38O4/c40-23-28-13-9-26(10-14-28)17-19-32-21-30-5-1-3-7-34(30)36-37-35-8-4-2-6-31(35)22-33(39(37)43-25-42-38(32)36)20-18-27-11-15-29(24-41)16-12-27/h9-22,40-41H,1-8,23-25H2/b19-17-,20-18-. The van der Waals surface area contributed by atoms with Crippen LogP contribution in [-0.4, -0.2) is 17.0 Å². The van der Waals surface area contributed by atoms with Gasteiger partial charge in [0, 0.05) is 22.3 Å². The Hall–Kier alpha value is -4.12. The summed E-state index contributed by atoms with van der Waals surface area (Å²) < 4.78 is 13.1. The third kappa shape index (κ3) is 5.53. The number of rotatable bonds is 6. The lowest BCUT2D eigenvalue weighted by molar-refractivity contribution is 0.124. The van der Waals surface area contributed by atoms with Crippen LogP contribution in [0.1, 0.15) is 81.3 Å². The first-order chi connectivity index (χ1) is 21.2. The number of benzene rings is 4. The molecule has 0 atom stereocenters. The molecule has 0 amide bonds. The van der Waals surface area contributed by atoms with Crippen molar-refractivity contribution in [1.82, 2.24) is 0 Å². The highest BCUT2D eigenvalue weighted by atomic mass is 16.7. The number of hydrogen-bond donors (Lipinski definition) is 2. The zero-order chi connectivity index (χ0) is 29.2. The number of ether oxygens (including phenoxy) is 2. The molecule has 2 aliphatic carbocycles. The maximum absolute atomic E-state index is 9.44. The molecule has 0 saturated heterocycles. The molecule has 4 aromatic carbocycles. The maximum Gasteiger partial charge on any atom is 0.231 e. The maximum atomic E-state index is 9.44. The first kappa shape index (κ1) is 27.7. The van der Waals surface area contributed by atoms with Gasteiger partial charge in [0.15, 0.2) is 0 Å². The van der Waals surface area contributed by atoms with E-state index in [-0.39, 0.29) is 20.0 Å². The van der Waals surface area contributed by atoms with E-state index in [0.717, 1.165) is 70.6 Å². The molecule has 4 aromatic rings. The quantitative estimate of drug-likeness (QED) is 0.230. The second-order valence-corrected chi connectivity index (χ2v) is 11.9. The van der Waals surface area contributed by atoms with Crippen LogP contribution in [0, 0.1) is 0 Å². The van der Waals surface area contributed by atoms with E-state index in [4.69, 9.17) is 9.47 Å². The van der Waals surface area contributed by atoms with Gasteiger partial charge in [-0.15, -0.1) is 0 Å². The van der Waals surface area contributed by atoms with Crippen molar-refractivity contribution in [3.05, 3.63) is 116 Å². The SMILES string of the molecule is OCc1ccc(/C=C\c2cc3c(c4c2OCOc2c(/C=C\c5ccc(CO)cc5)cc5c(c2-4)CCCC5)CCCC3)cc1. The van der Waals surface area contributed by atoms with Gasteiger partial charge in [0.25, 0.3) is 0 Å². The Kier molecular flexibility index (Phi) is 7.88. The van der Waals surface area contributed by atoms with Gasteiger partial charge in [0.1, 0.15) is 11.5 Å². The molecule has 0 aromatic heterocycles. The Labute approximate surface area is 253 Å². The summed E-state index contributed by atoms with van der Waals surface area (Å²) in [7, 11) is 0. The lowest BCUT2D eigenvalue weighted by Gasteiger charge is -2.27. The fourth-order valence-electron chi connectivity index (χ4n) is 6.89. The van der Waals surface area contributed by atoms with Crippen LogP contribution in [0.15, 0.2) is 60.7 Å². The van der Waals surface area contributed by atoms with E-state index in [9.17, 15) is 10.2 Å². The van der Waals surface area contributed by atoms with Crippen molar-refractivity contribution in [3.63, 3.8) is 0 Å². The third-order valence-electron chi connectivity index (χ3n) is 9.15. The highest BCUT2D eigenvalue weighted by Crippen LogP contribution is 2.51. The van der Waals surface area contributed by atoms with Gasteiger partial charge in [-0.3, -0.25) is 0 Å². The topological polar surface area (TPSA) is 58.9 Å². The highest BCUT2D eigenvalue weighted by Gasteiger charge is 2.31. The van der Waals surface area contributed by atoms with Crippen molar-refractivity contribution in [2.75, 3.05) is 6.79 Å². The van der Waals surface area contributed by atoms with E-state index in [1.165, 1.54) is 59.1 Å². The number of aliphatic hydroxyl groups is 2. The van der Waals surface area contributed by atoms with Gasteiger partial charge in [0.2, 0.25) is 6.79 Å². The van der Waals surface area contributed by atoms with E-state index in [1.807, 2.05) is 48.5 Å². The van der Waals surface area contributed by atoms with Gasteiger partial charge in [-0.05, 0) is 108 Å². The lowest BCUT2D eigenvalue weighted by Crippen LogP contribution is -2.10. The van der Waals surface area contributed by atoms with Crippen molar-refractivity contribution in [3.8, 4) is 22.6 Å². The van der Waals surface area contributed by atoms with Gasteiger partial charge in [-0.2, -0.15) is 0 Å². The third-order valence-corrected chi connectivity index (χ3v) is 9.15. The van der Waals surface area contributed by atoms with Gasteiger partial charge in [0.05, 0.1) is 13.2 Å². The van der Waals surface area contributed by atoms with Crippen molar-refractivity contribution in [1.29, 1.82) is 0 Å². The summed E-state index contributed by atoms with van der Waals surface area (Å²) in [6.45, 7) is 0.260. The van der Waals surface area contributed by atoms with Crippen LogP contribution in [0.3, 0.4) is 0 Å². The average Bonchev–Trinajstić information content (AvgIpc) is 3.28. The molecule has 1 aliphatic heterocycles. The summed E-state index contributed by atoms with van der Waals surface area (Å²) in [6, 6.07) is 20.7. The summed E-state index contributed by atoms with van der Waals surface area (Å²) in [6.07, 6.45) is 17.7. The highest BCUT2D eigenvalue weighted by molar-refractivity contribution is 5.91. The summed E-state index contributed by atoms with van der Waals surface area (Å²) in [4.78, 5) is 0. The van der Waals surface area contributed by atoms with E-state index in [0.29, 0.717) is 0 Å². The van der Waals surface area contributed by atoms with Crippen LogP contribution in [0.25, 0.3) is 35.4 Å². The minimum Gasteiger partial charge on any atom is -0.456 e. The Morgan fingerprint density at radius 2 is 0.953 bits per heavy atom. The molecule has 3 aliphatic rings. The molecule has 0 fully saturated rings. The zero-order valence-electron chi connectivity index (χ0n) is 24.6. The minimum atomic E-state index is 0.0487. The summed E-state index contributed by atoms with van der Waals surface area (Å²) in [5.41, 5.74) is 14.3. The Bertz CT molecular complexity index is 1570. The Balaban J connectivity index is 1.39. The molecule has 2 N–H and O–H groups in total. The van der Waals surface area contributed by atoms with Crippen LogP contribution >= 0.6 is 0 Å². The molecule has 0 unspecified atom stereocenters. The molecule has 0 saturated carbocycles. The van der Waals surface area contributed by atoms with Crippen LogP contribution in [-0.2, 0) is 38.9 Å². The van der Waals surface area contributed by atoms with E-state index >= 15 is 0 Å². The molecule has 0 radical (unpaired) electrons. The molecule has 4 nitrogen and oxygen atoms in total. The fraction of sp³-hybridized carbons (Fsp3) is 0.282. The average molecular weight is 571 g/mol. The molecule has 1 heterocycles. The Morgan fingerprint density at radius 3 is 1.37 bits per heavy atom. The second-order valence-electron chi connectivity index (χ2n) is 11.9. The molecule has 0 spiro atoms. The number of aryl methyl sites for hydroxylation is 2. The molecule has 218 valence electrons. The van der Waals surface area contributed by atoms with E-state index in [2.05, 4.69) is 36.4 Å². The van der Waals surface area contributed by atoms with Crippen molar-refractivity contribution in [2.45, 2.75) is 64.6 Å². The zero-order valence-corrected chi connectivity index (χ0v) is 24.6. The normalized spacial score (nSPS) is 15.7. The number of hydrogen-bond acceptors (Lipinski definition) is 4. The largest absolute Gasteiger partial charge is 0.456 e. The minimum absolute atomic E-state index is 0.0487. The summed E-state index contributed by atoms with van der Waals surface area (Å²) in [5, 5.41) is 18.9. The van der Waals surface area contributed by atoms with Crippen molar-refractivity contribution < 1.29 is 19.7 Å². The summed E-state index contributed by atoms with van der Waals surface area (Å²) >= 11 is 0. The van der Waals surface area contributed by atoms with Crippen LogP contribution < -0.4 is 9.47 Å². The molecule has 0 bridgehead atoms. The summed E-state index contributed by atoms with van der Waals surface area (Å²) in [5.74, 6) is 1.85. The van der Waals surface area contributed by atoms with Gasteiger partial charge < -0.3 is 19.7 Å².